The second-order valence-electron chi connectivity index (χ2n) is 7.02. The molecule has 1 aliphatic heterocycles. The second-order valence-corrected chi connectivity index (χ2v) is 8.44. The first-order valence-corrected chi connectivity index (χ1v) is 10.4. The fourth-order valence-corrected chi connectivity index (χ4v) is 4.16. The van der Waals surface area contributed by atoms with Crippen LogP contribution in [0.5, 0.6) is 0 Å². The van der Waals surface area contributed by atoms with E-state index in [1.165, 1.54) is 11.8 Å². The standard InChI is InChI=1S/C19H19ClN4O3S/c1-11-13(20)3-2-4-14(11)22-16(25)9-24-19(27)18-15(7-21-24)28-10-17(26)23(18)8-12-5-6-12/h2-4,7,12H,5-6,8-10H2,1H3,(H,22,25). The number of hydrogen-bond acceptors (Lipinski definition) is 5. The van der Waals surface area contributed by atoms with Gasteiger partial charge in [-0.05, 0) is 43.4 Å². The van der Waals surface area contributed by atoms with E-state index in [9.17, 15) is 14.4 Å². The molecule has 1 saturated carbocycles. The lowest BCUT2D eigenvalue weighted by Gasteiger charge is -2.28. The molecule has 0 radical (unpaired) electrons. The van der Waals surface area contributed by atoms with Crippen molar-refractivity contribution >= 4 is 46.6 Å². The molecule has 2 amide bonds. The van der Waals surface area contributed by atoms with Crippen LogP contribution in [0, 0.1) is 12.8 Å². The van der Waals surface area contributed by atoms with Gasteiger partial charge in [0.15, 0.2) is 0 Å². The molecule has 0 atom stereocenters. The van der Waals surface area contributed by atoms with Crippen LogP contribution < -0.4 is 15.8 Å². The molecule has 1 aliphatic carbocycles. The van der Waals surface area contributed by atoms with Gasteiger partial charge in [0, 0.05) is 17.3 Å². The van der Waals surface area contributed by atoms with Crippen molar-refractivity contribution in [3.8, 4) is 0 Å². The molecular formula is C19H19ClN4O3S. The maximum atomic E-state index is 13.0. The van der Waals surface area contributed by atoms with Crippen molar-refractivity contribution in [1.29, 1.82) is 0 Å². The topological polar surface area (TPSA) is 84.3 Å². The van der Waals surface area contributed by atoms with Crippen LogP contribution in [0.25, 0.3) is 0 Å². The zero-order valence-corrected chi connectivity index (χ0v) is 16.8. The Morgan fingerprint density at radius 2 is 2.14 bits per heavy atom. The summed E-state index contributed by atoms with van der Waals surface area (Å²) in [5.74, 6) is 0.302. The second kappa shape index (κ2) is 7.60. The Balaban J connectivity index is 1.58. The fraction of sp³-hybridized carbons (Fsp3) is 0.368. The minimum Gasteiger partial charge on any atom is -0.324 e. The number of amides is 2. The monoisotopic (exact) mass is 418 g/mol. The number of fused-ring (bicyclic) bond motifs is 1. The molecular weight excluding hydrogens is 400 g/mol. The Morgan fingerprint density at radius 1 is 1.36 bits per heavy atom. The van der Waals surface area contributed by atoms with Crippen molar-refractivity contribution in [2.75, 3.05) is 22.5 Å². The third kappa shape index (κ3) is 3.79. The molecule has 9 heteroatoms. The van der Waals surface area contributed by atoms with E-state index in [0.717, 1.165) is 23.1 Å². The van der Waals surface area contributed by atoms with E-state index in [0.29, 0.717) is 39.5 Å². The molecule has 1 aromatic carbocycles. The SMILES string of the molecule is Cc1c(Cl)cccc1NC(=O)Cn1ncc2c(c1=O)N(CC1CC1)C(=O)CS2. The average molecular weight is 419 g/mol. The van der Waals surface area contributed by atoms with E-state index >= 15 is 0 Å². The van der Waals surface area contributed by atoms with Gasteiger partial charge in [0.25, 0.3) is 5.56 Å². The van der Waals surface area contributed by atoms with Gasteiger partial charge < -0.3 is 10.2 Å². The molecule has 1 N–H and O–H groups in total. The molecule has 1 fully saturated rings. The molecule has 0 spiro atoms. The minimum absolute atomic E-state index is 0.0711. The largest absolute Gasteiger partial charge is 0.324 e. The number of anilines is 2. The number of carbonyl (C=O) groups excluding carboxylic acids is 2. The summed E-state index contributed by atoms with van der Waals surface area (Å²) in [6.07, 6.45) is 3.71. The van der Waals surface area contributed by atoms with Crippen molar-refractivity contribution in [3.05, 3.63) is 45.3 Å². The number of nitrogens with one attached hydrogen (secondary N) is 1. The van der Waals surface area contributed by atoms with Crippen LogP contribution in [0.4, 0.5) is 11.4 Å². The number of carbonyl (C=O) groups is 2. The van der Waals surface area contributed by atoms with E-state index in [2.05, 4.69) is 10.4 Å². The molecule has 2 aromatic rings. The lowest BCUT2D eigenvalue weighted by Crippen LogP contribution is -2.43. The molecule has 2 heterocycles. The molecule has 0 saturated heterocycles. The Morgan fingerprint density at radius 3 is 2.89 bits per heavy atom. The molecule has 1 aromatic heterocycles. The lowest BCUT2D eigenvalue weighted by molar-refractivity contribution is -0.117. The van der Waals surface area contributed by atoms with E-state index in [1.54, 1.807) is 36.2 Å². The highest BCUT2D eigenvalue weighted by atomic mass is 35.5. The number of benzene rings is 1. The Bertz CT molecular complexity index is 1020. The van der Waals surface area contributed by atoms with Crippen molar-refractivity contribution in [1.82, 2.24) is 9.78 Å². The van der Waals surface area contributed by atoms with Crippen LogP contribution in [0.2, 0.25) is 5.02 Å². The van der Waals surface area contributed by atoms with Crippen molar-refractivity contribution in [2.24, 2.45) is 5.92 Å². The van der Waals surface area contributed by atoms with Crippen LogP contribution in [-0.2, 0) is 16.1 Å². The molecule has 2 aliphatic rings. The van der Waals surface area contributed by atoms with Gasteiger partial charge >= 0.3 is 0 Å². The fourth-order valence-electron chi connectivity index (χ4n) is 3.09. The molecule has 7 nitrogen and oxygen atoms in total. The van der Waals surface area contributed by atoms with E-state index in [1.807, 2.05) is 0 Å². The summed E-state index contributed by atoms with van der Waals surface area (Å²) in [5.41, 5.74) is 1.26. The van der Waals surface area contributed by atoms with Gasteiger partial charge in [0.1, 0.15) is 12.2 Å². The number of rotatable bonds is 5. The van der Waals surface area contributed by atoms with Crippen molar-refractivity contribution in [3.63, 3.8) is 0 Å². The first-order valence-electron chi connectivity index (χ1n) is 9.02. The van der Waals surface area contributed by atoms with Gasteiger partial charge in [0.2, 0.25) is 11.8 Å². The van der Waals surface area contributed by atoms with Gasteiger partial charge in [0.05, 0.1) is 16.8 Å². The number of halogens is 1. The maximum absolute atomic E-state index is 13.0. The van der Waals surface area contributed by atoms with Crippen LogP contribution in [0.3, 0.4) is 0 Å². The lowest BCUT2D eigenvalue weighted by atomic mass is 10.2. The predicted molar refractivity (Wildman–Crippen MR) is 109 cm³/mol. The average Bonchev–Trinajstić information content (AvgIpc) is 3.48. The highest BCUT2D eigenvalue weighted by molar-refractivity contribution is 8.00. The summed E-state index contributed by atoms with van der Waals surface area (Å²) >= 11 is 7.39. The van der Waals surface area contributed by atoms with Crippen LogP contribution >= 0.6 is 23.4 Å². The van der Waals surface area contributed by atoms with E-state index < -0.39 is 5.56 Å². The zero-order valence-electron chi connectivity index (χ0n) is 15.3. The summed E-state index contributed by atoms with van der Waals surface area (Å²) in [6.45, 7) is 2.12. The van der Waals surface area contributed by atoms with Crippen LogP contribution in [0.1, 0.15) is 18.4 Å². The van der Waals surface area contributed by atoms with Crippen LogP contribution in [-0.4, -0.2) is 33.9 Å². The van der Waals surface area contributed by atoms with Crippen molar-refractivity contribution in [2.45, 2.75) is 31.2 Å². The summed E-state index contributed by atoms with van der Waals surface area (Å²) in [4.78, 5) is 40.1. The first kappa shape index (κ1) is 19.0. The van der Waals surface area contributed by atoms with Gasteiger partial charge in [-0.3, -0.25) is 14.4 Å². The molecule has 0 unspecified atom stereocenters. The normalized spacial score (nSPS) is 16.1. The maximum Gasteiger partial charge on any atom is 0.292 e. The highest BCUT2D eigenvalue weighted by Gasteiger charge is 2.34. The highest BCUT2D eigenvalue weighted by Crippen LogP contribution is 2.36. The Kier molecular flexibility index (Phi) is 5.16. The van der Waals surface area contributed by atoms with E-state index in [-0.39, 0.29) is 18.4 Å². The van der Waals surface area contributed by atoms with Gasteiger partial charge in [-0.15, -0.1) is 11.8 Å². The number of aromatic nitrogens is 2. The van der Waals surface area contributed by atoms with Crippen molar-refractivity contribution < 1.29 is 9.59 Å². The molecule has 146 valence electrons. The van der Waals surface area contributed by atoms with Gasteiger partial charge in [-0.25, -0.2) is 4.68 Å². The zero-order chi connectivity index (χ0) is 19.8. The number of hydrogen-bond donors (Lipinski definition) is 1. The quantitative estimate of drug-likeness (QED) is 0.807. The molecule has 0 bridgehead atoms. The Labute approximate surface area is 171 Å². The predicted octanol–water partition coefficient (Wildman–Crippen LogP) is 2.69. The smallest absolute Gasteiger partial charge is 0.292 e. The molecule has 4 rings (SSSR count). The summed E-state index contributed by atoms with van der Waals surface area (Å²) in [5, 5.41) is 7.44. The number of thioether (sulfide) groups is 1. The molecule has 28 heavy (non-hydrogen) atoms. The Hall–Kier alpha value is -2.32. The first-order chi connectivity index (χ1) is 13.4. The van der Waals surface area contributed by atoms with Gasteiger partial charge in [-0.1, -0.05) is 17.7 Å². The van der Waals surface area contributed by atoms with Gasteiger partial charge in [-0.2, -0.15) is 5.10 Å². The minimum atomic E-state index is -0.420. The summed E-state index contributed by atoms with van der Waals surface area (Å²) in [7, 11) is 0. The van der Waals surface area contributed by atoms with Crippen LogP contribution in [0.15, 0.2) is 34.1 Å². The third-order valence-corrected chi connectivity index (χ3v) is 6.29. The summed E-state index contributed by atoms with van der Waals surface area (Å²) in [6, 6.07) is 5.23. The van der Waals surface area contributed by atoms with E-state index in [4.69, 9.17) is 11.6 Å². The number of nitrogens with zero attached hydrogens (tertiary/aromatic N) is 3. The third-order valence-electron chi connectivity index (χ3n) is 4.88. The summed E-state index contributed by atoms with van der Waals surface area (Å²) < 4.78 is 1.10.